The number of pyridine rings is 1. The average molecular weight is 362 g/mol. The van der Waals surface area contributed by atoms with Gasteiger partial charge in [-0.15, -0.1) is 0 Å². The summed E-state index contributed by atoms with van der Waals surface area (Å²) in [6.07, 6.45) is 0.916. The predicted octanol–water partition coefficient (Wildman–Crippen LogP) is 4.34. The third-order valence-electron chi connectivity index (χ3n) is 2.57. The van der Waals surface area contributed by atoms with Crippen molar-refractivity contribution in [1.29, 1.82) is 0 Å². The van der Waals surface area contributed by atoms with Gasteiger partial charge in [0.1, 0.15) is 16.8 Å². The highest BCUT2D eigenvalue weighted by molar-refractivity contribution is 9.10. The largest absolute Gasteiger partial charge is 0.322 e. The number of carbonyl (C=O) groups excluding carboxylic acids is 1. The third kappa shape index (κ3) is 3.13. The van der Waals surface area contributed by atoms with E-state index in [0.29, 0.717) is 11.3 Å². The first-order valence-electron chi connectivity index (χ1n) is 5.46. The molecule has 0 spiro atoms. The lowest BCUT2D eigenvalue weighted by Gasteiger charge is -2.10. The highest BCUT2D eigenvalue weighted by atomic mass is 79.9. The number of hydrogen-bond acceptors (Lipinski definition) is 2. The molecular weight excluding hydrogens is 354 g/mol. The molecule has 1 heterocycles. The summed E-state index contributed by atoms with van der Waals surface area (Å²) in [5, 5.41) is 2.43. The molecule has 0 aliphatic carbocycles. The van der Waals surface area contributed by atoms with Crippen LogP contribution in [0.2, 0.25) is 5.15 Å². The number of aryl methyl sites for hydroxylation is 1. The number of hydrogen-bond donors (Lipinski definition) is 1. The van der Waals surface area contributed by atoms with E-state index in [1.807, 2.05) is 0 Å². The van der Waals surface area contributed by atoms with Crippen LogP contribution < -0.4 is 5.32 Å². The second-order valence-electron chi connectivity index (χ2n) is 4.03. The van der Waals surface area contributed by atoms with Crippen LogP contribution in [0.3, 0.4) is 0 Å². The summed E-state index contributed by atoms with van der Waals surface area (Å²) in [5.74, 6) is -1.73. The summed E-state index contributed by atoms with van der Waals surface area (Å²) in [5.41, 5.74) is 0.828. The van der Waals surface area contributed by atoms with Crippen molar-refractivity contribution in [2.75, 3.05) is 5.32 Å². The summed E-state index contributed by atoms with van der Waals surface area (Å²) >= 11 is 8.77. The summed E-state index contributed by atoms with van der Waals surface area (Å²) in [4.78, 5) is 15.6. The number of aromatic nitrogens is 1. The Morgan fingerprint density at radius 1 is 1.35 bits per heavy atom. The van der Waals surface area contributed by atoms with Gasteiger partial charge in [-0.2, -0.15) is 0 Å². The van der Waals surface area contributed by atoms with Crippen molar-refractivity contribution in [2.24, 2.45) is 0 Å². The molecule has 0 saturated heterocycles. The minimum Gasteiger partial charge on any atom is -0.322 e. The molecule has 2 aromatic rings. The number of halogens is 4. The molecule has 0 fully saturated rings. The summed E-state index contributed by atoms with van der Waals surface area (Å²) in [7, 11) is 0. The molecule has 0 radical (unpaired) electrons. The van der Waals surface area contributed by atoms with E-state index < -0.39 is 17.5 Å². The molecule has 0 unspecified atom stereocenters. The van der Waals surface area contributed by atoms with Gasteiger partial charge in [-0.1, -0.05) is 11.6 Å². The molecule has 1 aromatic carbocycles. The van der Waals surface area contributed by atoms with E-state index in [1.54, 1.807) is 6.92 Å². The maximum atomic E-state index is 13.3. The SMILES string of the molecule is Cc1cc(F)c(Br)cc1NC(=O)c1cc(F)cnc1Cl. The Balaban J connectivity index is 2.32. The van der Waals surface area contributed by atoms with Gasteiger partial charge in [0, 0.05) is 5.69 Å². The average Bonchev–Trinajstić information content (AvgIpc) is 2.38. The zero-order valence-electron chi connectivity index (χ0n) is 10.2. The second kappa shape index (κ2) is 5.85. The van der Waals surface area contributed by atoms with Crippen molar-refractivity contribution in [1.82, 2.24) is 4.98 Å². The van der Waals surface area contributed by atoms with Gasteiger partial charge in [0.2, 0.25) is 0 Å². The quantitative estimate of drug-likeness (QED) is 0.809. The summed E-state index contributed by atoms with van der Waals surface area (Å²) < 4.78 is 26.6. The lowest BCUT2D eigenvalue weighted by atomic mass is 10.2. The molecule has 1 N–H and O–H groups in total. The normalized spacial score (nSPS) is 10.4. The first-order chi connectivity index (χ1) is 9.38. The molecule has 0 aliphatic heterocycles. The van der Waals surface area contributed by atoms with E-state index in [-0.39, 0.29) is 15.2 Å². The van der Waals surface area contributed by atoms with Crippen molar-refractivity contribution in [3.63, 3.8) is 0 Å². The topological polar surface area (TPSA) is 42.0 Å². The molecule has 0 bridgehead atoms. The van der Waals surface area contributed by atoms with Crippen LogP contribution in [0.1, 0.15) is 15.9 Å². The molecule has 1 aromatic heterocycles. The number of nitrogens with zero attached hydrogens (tertiary/aromatic N) is 1. The first-order valence-corrected chi connectivity index (χ1v) is 6.63. The number of benzene rings is 1. The molecule has 3 nitrogen and oxygen atoms in total. The van der Waals surface area contributed by atoms with Crippen LogP contribution in [0.5, 0.6) is 0 Å². The van der Waals surface area contributed by atoms with Gasteiger partial charge in [0.25, 0.3) is 5.91 Å². The second-order valence-corrected chi connectivity index (χ2v) is 5.24. The smallest absolute Gasteiger partial charge is 0.258 e. The minimum atomic E-state index is -0.670. The van der Waals surface area contributed by atoms with Gasteiger partial charge in [0.15, 0.2) is 0 Å². The molecule has 0 saturated carbocycles. The lowest BCUT2D eigenvalue weighted by Crippen LogP contribution is -2.14. The van der Waals surface area contributed by atoms with Crippen molar-refractivity contribution < 1.29 is 13.6 Å². The number of carbonyl (C=O) groups is 1. The standard InChI is InChI=1S/C13H8BrClF2N2O/c1-6-2-10(17)9(14)4-11(6)19-13(20)8-3-7(16)5-18-12(8)15/h2-5H,1H3,(H,19,20). The van der Waals surface area contributed by atoms with E-state index in [9.17, 15) is 13.6 Å². The van der Waals surface area contributed by atoms with Gasteiger partial charge in [-0.05, 0) is 46.6 Å². The molecule has 2 rings (SSSR count). The Morgan fingerprint density at radius 2 is 2.05 bits per heavy atom. The molecule has 7 heteroatoms. The van der Waals surface area contributed by atoms with E-state index >= 15 is 0 Å². The molecule has 1 amide bonds. The Bertz CT molecular complexity index is 694. The molecule has 20 heavy (non-hydrogen) atoms. The Labute approximate surface area is 127 Å². The highest BCUT2D eigenvalue weighted by Crippen LogP contribution is 2.25. The lowest BCUT2D eigenvalue weighted by molar-refractivity contribution is 0.102. The van der Waals surface area contributed by atoms with Crippen LogP contribution in [0, 0.1) is 18.6 Å². The maximum absolute atomic E-state index is 13.3. The predicted molar refractivity (Wildman–Crippen MR) is 76.0 cm³/mol. The van der Waals surface area contributed by atoms with Gasteiger partial charge in [0.05, 0.1) is 16.2 Å². The fourth-order valence-electron chi connectivity index (χ4n) is 1.55. The van der Waals surface area contributed by atoms with E-state index in [2.05, 4.69) is 26.2 Å². The van der Waals surface area contributed by atoms with Crippen LogP contribution >= 0.6 is 27.5 Å². The van der Waals surface area contributed by atoms with Crippen LogP contribution in [-0.4, -0.2) is 10.9 Å². The highest BCUT2D eigenvalue weighted by Gasteiger charge is 2.15. The van der Waals surface area contributed by atoms with Crippen LogP contribution in [0.25, 0.3) is 0 Å². The Kier molecular flexibility index (Phi) is 4.35. The van der Waals surface area contributed by atoms with Gasteiger partial charge in [-0.25, -0.2) is 13.8 Å². The maximum Gasteiger partial charge on any atom is 0.258 e. The van der Waals surface area contributed by atoms with Gasteiger partial charge < -0.3 is 5.32 Å². The molecular formula is C13H8BrClF2N2O. The fraction of sp³-hybridized carbons (Fsp3) is 0.0769. The van der Waals surface area contributed by atoms with Crippen molar-refractivity contribution in [3.05, 3.63) is 56.8 Å². The number of amides is 1. The molecule has 0 atom stereocenters. The van der Waals surface area contributed by atoms with E-state index in [1.165, 1.54) is 12.1 Å². The van der Waals surface area contributed by atoms with Crippen molar-refractivity contribution in [2.45, 2.75) is 6.92 Å². The molecule has 0 aliphatic rings. The summed E-state index contributed by atoms with van der Waals surface area (Å²) in [6, 6.07) is 3.67. The van der Waals surface area contributed by atoms with Crippen LogP contribution in [-0.2, 0) is 0 Å². The van der Waals surface area contributed by atoms with Crippen LogP contribution in [0.15, 0.2) is 28.9 Å². The number of rotatable bonds is 2. The summed E-state index contributed by atoms with van der Waals surface area (Å²) in [6.45, 7) is 1.64. The zero-order valence-corrected chi connectivity index (χ0v) is 12.5. The van der Waals surface area contributed by atoms with E-state index in [4.69, 9.17) is 11.6 Å². The third-order valence-corrected chi connectivity index (χ3v) is 3.47. The fourth-order valence-corrected chi connectivity index (χ4v) is 2.08. The number of nitrogens with one attached hydrogen (secondary N) is 1. The first kappa shape index (κ1) is 14.9. The minimum absolute atomic E-state index is 0.0912. The Morgan fingerprint density at radius 3 is 2.75 bits per heavy atom. The molecule has 104 valence electrons. The van der Waals surface area contributed by atoms with Crippen LogP contribution in [0.4, 0.5) is 14.5 Å². The van der Waals surface area contributed by atoms with Gasteiger partial charge >= 0.3 is 0 Å². The monoisotopic (exact) mass is 360 g/mol. The van der Waals surface area contributed by atoms with E-state index in [0.717, 1.165) is 12.3 Å². The van der Waals surface area contributed by atoms with Crippen molar-refractivity contribution >= 4 is 39.1 Å². The zero-order chi connectivity index (χ0) is 14.9. The van der Waals surface area contributed by atoms with Crippen molar-refractivity contribution in [3.8, 4) is 0 Å². The number of anilines is 1. The Hall–Kier alpha value is -1.53. The van der Waals surface area contributed by atoms with Gasteiger partial charge in [-0.3, -0.25) is 4.79 Å².